The maximum atomic E-state index is 6.18. The van der Waals surface area contributed by atoms with E-state index >= 15 is 0 Å². The summed E-state index contributed by atoms with van der Waals surface area (Å²) in [4.78, 5) is 4.91. The second kappa shape index (κ2) is 4.74. The van der Waals surface area contributed by atoms with Crippen LogP contribution < -0.4 is 5.32 Å². The van der Waals surface area contributed by atoms with E-state index in [1.807, 2.05) is 12.1 Å². The van der Waals surface area contributed by atoms with Crippen LogP contribution in [0.5, 0.6) is 0 Å². The molecule has 2 aliphatic rings. The highest BCUT2D eigenvalue weighted by Crippen LogP contribution is 2.41. The predicted molar refractivity (Wildman–Crippen MR) is 82.2 cm³/mol. The number of piperidine rings is 1. The molecule has 4 rings (SSSR count). The molecule has 2 atom stereocenters. The highest BCUT2D eigenvalue weighted by atomic mass is 35.5. The van der Waals surface area contributed by atoms with Gasteiger partial charge < -0.3 is 9.88 Å². The Morgan fingerprint density at radius 2 is 2.15 bits per heavy atom. The maximum Gasteiger partial charge on any atom is 0.127 e. The molecule has 1 N–H and O–H groups in total. The Kier molecular flexibility index (Phi) is 3.00. The van der Waals surface area contributed by atoms with Gasteiger partial charge in [0.2, 0.25) is 0 Å². The van der Waals surface area contributed by atoms with E-state index in [1.54, 1.807) is 0 Å². The molecule has 0 amide bonds. The molecule has 2 heterocycles. The van der Waals surface area contributed by atoms with Gasteiger partial charge in [-0.3, -0.25) is 0 Å². The van der Waals surface area contributed by atoms with Crippen molar-refractivity contribution in [2.75, 3.05) is 6.54 Å². The number of imidazole rings is 1. The first-order chi connectivity index (χ1) is 9.72. The molecular weight excluding hydrogens is 270 g/mol. The van der Waals surface area contributed by atoms with Gasteiger partial charge in [-0.05, 0) is 56.3 Å². The van der Waals surface area contributed by atoms with E-state index in [0.717, 1.165) is 23.0 Å². The number of fused-ring (bicyclic) bond motifs is 1. The van der Waals surface area contributed by atoms with Crippen molar-refractivity contribution >= 4 is 22.6 Å². The Balaban J connectivity index is 1.83. The smallest absolute Gasteiger partial charge is 0.127 e. The van der Waals surface area contributed by atoms with Crippen LogP contribution in [0.4, 0.5) is 0 Å². The van der Waals surface area contributed by atoms with Crippen molar-refractivity contribution in [3.63, 3.8) is 0 Å². The van der Waals surface area contributed by atoms with E-state index in [4.69, 9.17) is 16.6 Å². The van der Waals surface area contributed by atoms with Crippen LogP contribution in [0.1, 0.15) is 50.5 Å². The fourth-order valence-electron chi connectivity index (χ4n) is 3.35. The minimum Gasteiger partial charge on any atom is -0.323 e. The lowest BCUT2D eigenvalue weighted by atomic mass is 9.94. The number of halogens is 1. The maximum absolute atomic E-state index is 6.18. The fourth-order valence-corrected chi connectivity index (χ4v) is 3.52. The quantitative estimate of drug-likeness (QED) is 0.902. The lowest BCUT2D eigenvalue weighted by Crippen LogP contribution is -2.32. The molecule has 1 aliphatic carbocycles. The summed E-state index contributed by atoms with van der Waals surface area (Å²) in [5.74, 6) is 1.99. The summed E-state index contributed by atoms with van der Waals surface area (Å²) in [5, 5.41) is 4.45. The van der Waals surface area contributed by atoms with Crippen LogP contribution in [0.3, 0.4) is 0 Å². The van der Waals surface area contributed by atoms with E-state index in [0.29, 0.717) is 12.1 Å². The highest BCUT2D eigenvalue weighted by molar-refractivity contribution is 6.31. The van der Waals surface area contributed by atoms with E-state index in [2.05, 4.69) is 22.9 Å². The van der Waals surface area contributed by atoms with Gasteiger partial charge in [-0.25, -0.2) is 4.98 Å². The zero-order valence-electron chi connectivity index (χ0n) is 11.8. The van der Waals surface area contributed by atoms with Crippen molar-refractivity contribution in [3.05, 3.63) is 29.0 Å². The third-order valence-electron chi connectivity index (χ3n) is 4.57. The second-order valence-corrected chi connectivity index (χ2v) is 6.78. The minimum absolute atomic E-state index is 0.394. The van der Waals surface area contributed by atoms with E-state index in [1.165, 1.54) is 37.0 Å². The standard InChI is InChI=1S/C16H20ClN3/c1-10-6-7-18-14(8-10)16-19-13-5-2-11(17)9-15(13)20(16)12-3-4-12/h2,5,9-10,12,14,18H,3-4,6-8H2,1H3. The lowest BCUT2D eigenvalue weighted by molar-refractivity contribution is 0.310. The van der Waals surface area contributed by atoms with Crippen molar-refractivity contribution in [1.82, 2.24) is 14.9 Å². The third kappa shape index (κ3) is 2.13. The first kappa shape index (κ1) is 12.7. The largest absolute Gasteiger partial charge is 0.323 e. The average Bonchev–Trinajstić information content (AvgIpc) is 3.19. The number of nitrogens with one attached hydrogen (secondary N) is 1. The Morgan fingerprint density at radius 3 is 2.90 bits per heavy atom. The van der Waals surface area contributed by atoms with Crippen LogP contribution in [-0.4, -0.2) is 16.1 Å². The molecule has 0 radical (unpaired) electrons. The second-order valence-electron chi connectivity index (χ2n) is 6.34. The molecule has 4 heteroatoms. The normalized spacial score (nSPS) is 27.1. The van der Waals surface area contributed by atoms with Crippen molar-refractivity contribution in [2.45, 2.75) is 44.7 Å². The summed E-state index contributed by atoms with van der Waals surface area (Å²) >= 11 is 6.18. The van der Waals surface area contributed by atoms with Crippen LogP contribution in [0.25, 0.3) is 11.0 Å². The summed E-state index contributed by atoms with van der Waals surface area (Å²) in [6.07, 6.45) is 5.00. The zero-order chi connectivity index (χ0) is 13.7. The molecule has 1 saturated carbocycles. The first-order valence-corrected chi connectivity index (χ1v) is 8.01. The summed E-state index contributed by atoms with van der Waals surface area (Å²) in [6.45, 7) is 3.44. The van der Waals surface area contributed by atoms with Gasteiger partial charge in [0.25, 0.3) is 0 Å². The summed E-state index contributed by atoms with van der Waals surface area (Å²) in [7, 11) is 0. The predicted octanol–water partition coefficient (Wildman–Crippen LogP) is 4.09. The molecule has 1 saturated heterocycles. The summed E-state index contributed by atoms with van der Waals surface area (Å²) in [6, 6.07) is 7.08. The van der Waals surface area contributed by atoms with Crippen molar-refractivity contribution in [3.8, 4) is 0 Å². The SMILES string of the molecule is CC1CCNC(c2nc3ccc(Cl)cc3n2C2CC2)C1. The van der Waals surface area contributed by atoms with Crippen molar-refractivity contribution in [1.29, 1.82) is 0 Å². The van der Waals surface area contributed by atoms with Crippen LogP contribution in [0.2, 0.25) is 5.02 Å². The van der Waals surface area contributed by atoms with Gasteiger partial charge in [-0.2, -0.15) is 0 Å². The Hall–Kier alpha value is -1.06. The number of hydrogen-bond donors (Lipinski definition) is 1. The van der Waals surface area contributed by atoms with Crippen LogP contribution >= 0.6 is 11.6 Å². The molecule has 0 bridgehead atoms. The van der Waals surface area contributed by atoms with Gasteiger partial charge in [-0.15, -0.1) is 0 Å². The Bertz CT molecular complexity index is 644. The number of hydrogen-bond acceptors (Lipinski definition) is 2. The topological polar surface area (TPSA) is 29.9 Å². The molecular formula is C16H20ClN3. The highest BCUT2D eigenvalue weighted by Gasteiger charge is 2.32. The van der Waals surface area contributed by atoms with E-state index in [-0.39, 0.29) is 0 Å². The third-order valence-corrected chi connectivity index (χ3v) is 4.80. The van der Waals surface area contributed by atoms with Gasteiger partial charge in [0.05, 0.1) is 17.1 Å². The van der Waals surface area contributed by atoms with Crippen molar-refractivity contribution < 1.29 is 0 Å². The van der Waals surface area contributed by atoms with E-state index in [9.17, 15) is 0 Å². The summed E-state index contributed by atoms with van der Waals surface area (Å²) < 4.78 is 2.44. The molecule has 1 aromatic heterocycles. The lowest BCUT2D eigenvalue weighted by Gasteiger charge is -2.28. The molecule has 3 nitrogen and oxygen atoms in total. The zero-order valence-corrected chi connectivity index (χ0v) is 12.5. The van der Waals surface area contributed by atoms with Crippen LogP contribution in [-0.2, 0) is 0 Å². The number of aromatic nitrogens is 2. The molecule has 20 heavy (non-hydrogen) atoms. The number of nitrogens with zero attached hydrogens (tertiary/aromatic N) is 2. The van der Waals surface area contributed by atoms with Gasteiger partial charge in [0, 0.05) is 11.1 Å². The molecule has 1 aliphatic heterocycles. The van der Waals surface area contributed by atoms with Crippen LogP contribution in [0, 0.1) is 5.92 Å². The number of benzene rings is 1. The molecule has 2 aromatic rings. The van der Waals surface area contributed by atoms with Crippen molar-refractivity contribution in [2.24, 2.45) is 5.92 Å². The minimum atomic E-state index is 0.394. The first-order valence-electron chi connectivity index (χ1n) is 7.63. The number of rotatable bonds is 2. The monoisotopic (exact) mass is 289 g/mol. The fraction of sp³-hybridized carbons (Fsp3) is 0.562. The molecule has 2 unspecified atom stereocenters. The average molecular weight is 290 g/mol. The van der Waals surface area contributed by atoms with Gasteiger partial charge in [-0.1, -0.05) is 18.5 Å². The van der Waals surface area contributed by atoms with Gasteiger partial charge in [0.1, 0.15) is 5.82 Å². The molecule has 0 spiro atoms. The summed E-state index contributed by atoms with van der Waals surface area (Å²) in [5.41, 5.74) is 2.28. The molecule has 2 fully saturated rings. The van der Waals surface area contributed by atoms with Gasteiger partial charge >= 0.3 is 0 Å². The Morgan fingerprint density at radius 1 is 1.30 bits per heavy atom. The molecule has 106 valence electrons. The van der Waals surface area contributed by atoms with E-state index < -0.39 is 0 Å². The molecule has 1 aromatic carbocycles. The van der Waals surface area contributed by atoms with Gasteiger partial charge in [0.15, 0.2) is 0 Å². The Labute approximate surface area is 124 Å². The van der Waals surface area contributed by atoms with Crippen LogP contribution in [0.15, 0.2) is 18.2 Å².